The van der Waals surface area contributed by atoms with Gasteiger partial charge in [-0.1, -0.05) is 18.5 Å². The van der Waals surface area contributed by atoms with Crippen molar-refractivity contribution in [3.05, 3.63) is 21.3 Å². The van der Waals surface area contributed by atoms with Crippen molar-refractivity contribution in [3.8, 4) is 0 Å². The molecule has 2 atom stereocenters. The third kappa shape index (κ3) is 1.76. The van der Waals surface area contributed by atoms with E-state index in [2.05, 4.69) is 13.0 Å². The second kappa shape index (κ2) is 3.26. The average Bonchev–Trinajstić information content (AvgIpc) is 2.60. The van der Waals surface area contributed by atoms with Crippen LogP contribution in [0.25, 0.3) is 0 Å². The van der Waals surface area contributed by atoms with E-state index in [1.807, 2.05) is 6.07 Å². The van der Waals surface area contributed by atoms with Gasteiger partial charge in [0.25, 0.3) is 0 Å². The summed E-state index contributed by atoms with van der Waals surface area (Å²) >= 11 is 7.62. The zero-order valence-electron chi connectivity index (χ0n) is 7.72. The van der Waals surface area contributed by atoms with Crippen LogP contribution in [0.4, 0.5) is 0 Å². The van der Waals surface area contributed by atoms with Gasteiger partial charge in [0.05, 0.1) is 4.34 Å². The molecule has 0 saturated heterocycles. The van der Waals surface area contributed by atoms with Gasteiger partial charge in [-0.2, -0.15) is 0 Å². The SMILES string of the molecule is CC1(c2ccc(Cl)s2)CCC(N)C1. The van der Waals surface area contributed by atoms with Gasteiger partial charge in [0.2, 0.25) is 0 Å². The molecule has 2 N–H and O–H groups in total. The lowest BCUT2D eigenvalue weighted by molar-refractivity contribution is 0.492. The molecular formula is C10H14ClNS. The Morgan fingerprint density at radius 2 is 2.38 bits per heavy atom. The van der Waals surface area contributed by atoms with Crippen LogP contribution < -0.4 is 5.73 Å². The number of nitrogens with two attached hydrogens (primary N) is 1. The molecule has 72 valence electrons. The Balaban J connectivity index is 2.25. The highest BCUT2D eigenvalue weighted by atomic mass is 35.5. The number of thiophene rings is 1. The third-order valence-electron chi connectivity index (χ3n) is 2.95. The zero-order chi connectivity index (χ0) is 9.47. The van der Waals surface area contributed by atoms with E-state index in [0.717, 1.165) is 17.2 Å². The van der Waals surface area contributed by atoms with E-state index in [9.17, 15) is 0 Å². The van der Waals surface area contributed by atoms with Crippen LogP contribution >= 0.6 is 22.9 Å². The Kier molecular flexibility index (Phi) is 2.39. The standard InChI is InChI=1S/C10H14ClNS/c1-10(5-4-7(12)6-10)8-2-3-9(11)13-8/h2-3,7H,4-6,12H2,1H3. The summed E-state index contributed by atoms with van der Waals surface area (Å²) in [6, 6.07) is 4.51. The molecule has 1 fully saturated rings. The molecule has 0 aliphatic heterocycles. The predicted molar refractivity (Wildman–Crippen MR) is 58.5 cm³/mol. The highest BCUT2D eigenvalue weighted by Crippen LogP contribution is 2.43. The van der Waals surface area contributed by atoms with Gasteiger partial charge in [-0.05, 0) is 31.4 Å². The van der Waals surface area contributed by atoms with Crippen molar-refractivity contribution in [3.63, 3.8) is 0 Å². The minimum atomic E-state index is 0.289. The van der Waals surface area contributed by atoms with Gasteiger partial charge in [-0.25, -0.2) is 0 Å². The smallest absolute Gasteiger partial charge is 0.0931 e. The maximum Gasteiger partial charge on any atom is 0.0931 e. The summed E-state index contributed by atoms with van der Waals surface area (Å²) in [5.41, 5.74) is 6.22. The minimum Gasteiger partial charge on any atom is -0.328 e. The first-order chi connectivity index (χ1) is 6.10. The van der Waals surface area contributed by atoms with Gasteiger partial charge in [0, 0.05) is 16.3 Å². The predicted octanol–water partition coefficient (Wildman–Crippen LogP) is 3.17. The summed E-state index contributed by atoms with van der Waals surface area (Å²) in [5.74, 6) is 0. The molecule has 2 rings (SSSR count). The lowest BCUT2D eigenvalue weighted by Crippen LogP contribution is -2.21. The van der Waals surface area contributed by atoms with Crippen molar-refractivity contribution in [2.45, 2.75) is 37.6 Å². The lowest BCUT2D eigenvalue weighted by atomic mass is 9.87. The molecule has 1 saturated carbocycles. The largest absolute Gasteiger partial charge is 0.328 e. The molecule has 0 radical (unpaired) electrons. The van der Waals surface area contributed by atoms with Gasteiger partial charge in [0.15, 0.2) is 0 Å². The Morgan fingerprint density at radius 3 is 2.85 bits per heavy atom. The normalized spacial score (nSPS) is 33.9. The second-order valence-electron chi connectivity index (χ2n) is 4.17. The Labute approximate surface area is 87.9 Å². The fraction of sp³-hybridized carbons (Fsp3) is 0.600. The van der Waals surface area contributed by atoms with E-state index in [1.165, 1.54) is 11.3 Å². The molecule has 0 spiro atoms. The van der Waals surface area contributed by atoms with Crippen molar-refractivity contribution < 1.29 is 0 Å². The molecule has 1 aliphatic carbocycles. The summed E-state index contributed by atoms with van der Waals surface area (Å²) in [7, 11) is 0. The van der Waals surface area contributed by atoms with Crippen LogP contribution in [0.2, 0.25) is 4.34 Å². The first-order valence-corrected chi connectivity index (χ1v) is 5.81. The molecule has 0 amide bonds. The highest BCUT2D eigenvalue weighted by Gasteiger charge is 2.35. The quantitative estimate of drug-likeness (QED) is 0.765. The fourth-order valence-corrected chi connectivity index (χ4v) is 3.38. The van der Waals surface area contributed by atoms with Gasteiger partial charge in [0.1, 0.15) is 0 Å². The van der Waals surface area contributed by atoms with Gasteiger partial charge in [-0.3, -0.25) is 0 Å². The number of hydrogen-bond acceptors (Lipinski definition) is 2. The molecule has 13 heavy (non-hydrogen) atoms. The van der Waals surface area contributed by atoms with Crippen molar-refractivity contribution in [2.75, 3.05) is 0 Å². The first-order valence-electron chi connectivity index (χ1n) is 4.61. The summed E-state index contributed by atoms with van der Waals surface area (Å²) in [5, 5.41) is 0. The van der Waals surface area contributed by atoms with Crippen LogP contribution in [0.15, 0.2) is 12.1 Å². The number of rotatable bonds is 1. The Bertz CT molecular complexity index is 310. The molecule has 3 heteroatoms. The zero-order valence-corrected chi connectivity index (χ0v) is 9.29. The van der Waals surface area contributed by atoms with Crippen molar-refractivity contribution in [2.24, 2.45) is 5.73 Å². The van der Waals surface area contributed by atoms with Gasteiger partial charge >= 0.3 is 0 Å². The second-order valence-corrected chi connectivity index (χ2v) is 5.88. The highest BCUT2D eigenvalue weighted by molar-refractivity contribution is 7.16. The van der Waals surface area contributed by atoms with Crippen LogP contribution in [-0.4, -0.2) is 6.04 Å². The summed E-state index contributed by atoms with van der Waals surface area (Å²) < 4.78 is 0.886. The first kappa shape index (κ1) is 9.50. The van der Waals surface area contributed by atoms with E-state index in [4.69, 9.17) is 17.3 Å². The maximum absolute atomic E-state index is 5.93. The van der Waals surface area contributed by atoms with Gasteiger partial charge in [-0.15, -0.1) is 11.3 Å². The fourth-order valence-electron chi connectivity index (χ4n) is 2.15. The van der Waals surface area contributed by atoms with Crippen LogP contribution in [0, 0.1) is 0 Å². The maximum atomic E-state index is 5.93. The molecular weight excluding hydrogens is 202 g/mol. The molecule has 1 nitrogen and oxygen atoms in total. The molecule has 1 heterocycles. The van der Waals surface area contributed by atoms with Crippen molar-refractivity contribution in [1.29, 1.82) is 0 Å². The number of hydrogen-bond donors (Lipinski definition) is 1. The van der Waals surface area contributed by atoms with Crippen LogP contribution in [0.3, 0.4) is 0 Å². The third-order valence-corrected chi connectivity index (χ3v) is 4.49. The molecule has 1 aliphatic rings. The minimum absolute atomic E-state index is 0.289. The van der Waals surface area contributed by atoms with E-state index in [-0.39, 0.29) is 5.41 Å². The van der Waals surface area contributed by atoms with E-state index in [0.29, 0.717) is 6.04 Å². The van der Waals surface area contributed by atoms with E-state index in [1.54, 1.807) is 11.3 Å². The summed E-state index contributed by atoms with van der Waals surface area (Å²) in [4.78, 5) is 1.39. The summed E-state index contributed by atoms with van der Waals surface area (Å²) in [6.07, 6.45) is 3.45. The molecule has 1 aromatic rings. The molecule has 1 aromatic heterocycles. The van der Waals surface area contributed by atoms with Crippen LogP contribution in [-0.2, 0) is 5.41 Å². The van der Waals surface area contributed by atoms with Crippen LogP contribution in [0.5, 0.6) is 0 Å². The Hall–Kier alpha value is -0.0500. The molecule has 0 bridgehead atoms. The van der Waals surface area contributed by atoms with Crippen molar-refractivity contribution in [1.82, 2.24) is 0 Å². The monoisotopic (exact) mass is 215 g/mol. The Morgan fingerprint density at radius 1 is 1.62 bits per heavy atom. The lowest BCUT2D eigenvalue weighted by Gasteiger charge is -2.21. The average molecular weight is 216 g/mol. The topological polar surface area (TPSA) is 26.0 Å². The van der Waals surface area contributed by atoms with E-state index < -0.39 is 0 Å². The van der Waals surface area contributed by atoms with E-state index >= 15 is 0 Å². The van der Waals surface area contributed by atoms with Gasteiger partial charge < -0.3 is 5.73 Å². The summed E-state index contributed by atoms with van der Waals surface area (Å²) in [6.45, 7) is 2.29. The molecule has 2 unspecified atom stereocenters. The van der Waals surface area contributed by atoms with Crippen molar-refractivity contribution >= 4 is 22.9 Å². The molecule has 0 aromatic carbocycles. The number of halogens is 1. The van der Waals surface area contributed by atoms with Crippen LogP contribution in [0.1, 0.15) is 31.1 Å².